The van der Waals surface area contributed by atoms with Crippen molar-refractivity contribution in [2.75, 3.05) is 19.6 Å². The lowest BCUT2D eigenvalue weighted by molar-refractivity contribution is -0.148. The summed E-state index contributed by atoms with van der Waals surface area (Å²) in [5.74, 6) is 1.29. The van der Waals surface area contributed by atoms with Gasteiger partial charge in [0.2, 0.25) is 11.8 Å². The van der Waals surface area contributed by atoms with Gasteiger partial charge in [-0.3, -0.25) is 9.59 Å². The summed E-state index contributed by atoms with van der Waals surface area (Å²) in [5, 5.41) is 6.39. The van der Waals surface area contributed by atoms with Crippen LogP contribution in [0.15, 0.2) is 0 Å². The van der Waals surface area contributed by atoms with Crippen LogP contribution < -0.4 is 16.4 Å². The number of primary amides is 1. The summed E-state index contributed by atoms with van der Waals surface area (Å²) in [6, 6.07) is 0.142. The van der Waals surface area contributed by atoms with Crippen LogP contribution in [0.25, 0.3) is 0 Å². The number of carbonyl (C=O) groups excluding carboxylic acids is 3. The van der Waals surface area contributed by atoms with Gasteiger partial charge in [-0.1, -0.05) is 0 Å². The first-order chi connectivity index (χ1) is 13.9. The van der Waals surface area contributed by atoms with Gasteiger partial charge >= 0.3 is 6.03 Å². The molecule has 1 heterocycles. The first-order valence-corrected chi connectivity index (χ1v) is 11.5. The Morgan fingerprint density at radius 2 is 1.62 bits per heavy atom. The first-order valence-electron chi connectivity index (χ1n) is 11.5. The van der Waals surface area contributed by atoms with Crippen molar-refractivity contribution in [3.05, 3.63) is 0 Å². The van der Waals surface area contributed by atoms with Crippen LogP contribution in [0.3, 0.4) is 0 Å². The number of likely N-dealkylation sites (tertiary alicyclic amines) is 1. The van der Waals surface area contributed by atoms with E-state index in [-0.39, 0.29) is 29.3 Å². The molecule has 2 unspecified atom stereocenters. The summed E-state index contributed by atoms with van der Waals surface area (Å²) < 4.78 is 0. The Balaban J connectivity index is 1.19. The molecule has 6 rings (SSSR count). The fourth-order valence-corrected chi connectivity index (χ4v) is 6.95. The van der Waals surface area contributed by atoms with E-state index in [9.17, 15) is 14.4 Å². The van der Waals surface area contributed by atoms with E-state index in [4.69, 9.17) is 5.73 Å². The average molecular weight is 403 g/mol. The van der Waals surface area contributed by atoms with E-state index in [0.717, 1.165) is 70.9 Å². The molecule has 1 saturated heterocycles. The molecule has 5 saturated carbocycles. The van der Waals surface area contributed by atoms with Crippen LogP contribution in [0.4, 0.5) is 4.79 Å². The second-order valence-corrected chi connectivity index (χ2v) is 10.6. The molecule has 4 amide bonds. The Morgan fingerprint density at radius 3 is 2.21 bits per heavy atom. The molecule has 1 aliphatic heterocycles. The number of nitrogens with two attached hydrogens (primary N) is 1. The molecule has 6 aliphatic rings. The molecule has 0 spiro atoms. The number of carbonyl (C=O) groups is 3. The van der Waals surface area contributed by atoms with Crippen molar-refractivity contribution in [1.82, 2.24) is 15.5 Å². The average Bonchev–Trinajstić information content (AvgIpc) is 3.50. The van der Waals surface area contributed by atoms with Gasteiger partial charge in [0.1, 0.15) is 0 Å². The van der Waals surface area contributed by atoms with Crippen LogP contribution in [0.2, 0.25) is 0 Å². The van der Waals surface area contributed by atoms with E-state index in [1.807, 2.05) is 4.90 Å². The zero-order chi connectivity index (χ0) is 20.2. The second kappa shape index (κ2) is 6.88. The van der Waals surface area contributed by atoms with E-state index in [2.05, 4.69) is 10.6 Å². The molecule has 0 aromatic rings. The van der Waals surface area contributed by atoms with Crippen LogP contribution >= 0.6 is 0 Å². The van der Waals surface area contributed by atoms with Gasteiger partial charge in [0.05, 0.1) is 5.41 Å². The molecule has 29 heavy (non-hydrogen) atoms. The number of piperidine rings is 1. The number of nitrogens with zero attached hydrogens (tertiary/aromatic N) is 1. The Morgan fingerprint density at radius 1 is 0.966 bits per heavy atom. The minimum atomic E-state index is -0.429. The minimum absolute atomic E-state index is 0.0261. The highest BCUT2D eigenvalue weighted by molar-refractivity contribution is 5.87. The van der Waals surface area contributed by atoms with Gasteiger partial charge in [-0.2, -0.15) is 0 Å². The predicted octanol–water partition coefficient (Wildman–Crippen LogP) is 1.76. The molecule has 4 bridgehead atoms. The lowest BCUT2D eigenvalue weighted by atomic mass is 9.47. The number of nitrogens with one attached hydrogen (secondary N) is 2. The van der Waals surface area contributed by atoms with Crippen LogP contribution in [0, 0.1) is 28.6 Å². The summed E-state index contributed by atoms with van der Waals surface area (Å²) in [6.07, 6.45) is 9.83. The van der Waals surface area contributed by atoms with Gasteiger partial charge in [0.15, 0.2) is 0 Å². The molecule has 2 atom stereocenters. The highest BCUT2D eigenvalue weighted by Gasteiger charge is 2.59. The summed E-state index contributed by atoms with van der Waals surface area (Å²) in [7, 11) is 0. The smallest absolute Gasteiger partial charge is 0.317 e. The molecule has 5 aliphatic carbocycles. The maximum absolute atomic E-state index is 13.2. The standard InChI is InChI=1S/C22H34N4O3/c23-18(27)22-10-14-8-15(11-22)17(16(9-14)12-22)25-19(28)21(4-5-21)13-24-20(29)26-6-2-1-3-7-26/h14-17H,1-13H2,(H2,23,27)(H,24,29)(H,25,28). The third-order valence-corrected chi connectivity index (χ3v) is 8.65. The van der Waals surface area contributed by atoms with Gasteiger partial charge < -0.3 is 21.3 Å². The third kappa shape index (κ3) is 3.30. The van der Waals surface area contributed by atoms with Crippen molar-refractivity contribution in [3.63, 3.8) is 0 Å². The molecule has 6 fully saturated rings. The zero-order valence-corrected chi connectivity index (χ0v) is 17.3. The lowest BCUT2D eigenvalue weighted by Crippen LogP contribution is -2.62. The van der Waals surface area contributed by atoms with Crippen molar-refractivity contribution in [2.24, 2.45) is 34.3 Å². The van der Waals surface area contributed by atoms with E-state index in [0.29, 0.717) is 24.3 Å². The van der Waals surface area contributed by atoms with E-state index in [1.54, 1.807) is 0 Å². The van der Waals surface area contributed by atoms with Gasteiger partial charge in [-0.25, -0.2) is 4.79 Å². The molecular weight excluding hydrogens is 368 g/mol. The lowest BCUT2D eigenvalue weighted by Gasteiger charge is -2.59. The van der Waals surface area contributed by atoms with Gasteiger partial charge in [-0.15, -0.1) is 0 Å². The van der Waals surface area contributed by atoms with Crippen molar-refractivity contribution >= 4 is 17.8 Å². The summed E-state index contributed by atoms with van der Waals surface area (Å²) in [5.41, 5.74) is 5.03. The first kappa shape index (κ1) is 19.2. The number of amides is 4. The van der Waals surface area contributed by atoms with E-state index >= 15 is 0 Å². The summed E-state index contributed by atoms with van der Waals surface area (Å²) >= 11 is 0. The van der Waals surface area contributed by atoms with Crippen molar-refractivity contribution in [1.29, 1.82) is 0 Å². The SMILES string of the molecule is NC(=O)C12CC3CC(C1)C(NC(=O)C1(CNC(=O)N4CCCCC4)CC1)C(C3)C2. The molecule has 0 radical (unpaired) electrons. The van der Waals surface area contributed by atoms with Crippen molar-refractivity contribution in [3.8, 4) is 0 Å². The topological polar surface area (TPSA) is 105 Å². The Labute approximate surface area is 172 Å². The highest BCUT2D eigenvalue weighted by atomic mass is 16.2. The largest absolute Gasteiger partial charge is 0.369 e. The quantitative estimate of drug-likeness (QED) is 0.652. The summed E-state index contributed by atoms with van der Waals surface area (Å²) in [6.45, 7) is 2.07. The Kier molecular flexibility index (Phi) is 4.55. The van der Waals surface area contributed by atoms with Crippen molar-refractivity contribution < 1.29 is 14.4 Å². The van der Waals surface area contributed by atoms with Crippen LogP contribution in [0.1, 0.15) is 64.2 Å². The molecule has 4 N–H and O–H groups in total. The van der Waals surface area contributed by atoms with Gasteiger partial charge in [0.25, 0.3) is 0 Å². The van der Waals surface area contributed by atoms with Gasteiger partial charge in [0, 0.05) is 31.1 Å². The van der Waals surface area contributed by atoms with E-state index in [1.165, 1.54) is 6.42 Å². The fourth-order valence-electron chi connectivity index (χ4n) is 6.95. The fraction of sp³-hybridized carbons (Fsp3) is 0.864. The molecule has 7 heteroatoms. The number of rotatable bonds is 5. The van der Waals surface area contributed by atoms with Crippen molar-refractivity contribution in [2.45, 2.75) is 70.3 Å². The number of urea groups is 1. The third-order valence-electron chi connectivity index (χ3n) is 8.65. The van der Waals surface area contributed by atoms with Gasteiger partial charge in [-0.05, 0) is 82.0 Å². The molecule has 0 aromatic carbocycles. The molecule has 7 nitrogen and oxygen atoms in total. The highest BCUT2D eigenvalue weighted by Crippen LogP contribution is 2.60. The Bertz CT molecular complexity index is 697. The number of hydrogen-bond acceptors (Lipinski definition) is 3. The Hall–Kier alpha value is -1.79. The molecule has 0 aromatic heterocycles. The molecule has 160 valence electrons. The van der Waals surface area contributed by atoms with Crippen LogP contribution in [-0.4, -0.2) is 48.4 Å². The summed E-state index contributed by atoms with van der Waals surface area (Å²) in [4.78, 5) is 39.6. The second-order valence-electron chi connectivity index (χ2n) is 10.6. The van der Waals surface area contributed by atoms with E-state index < -0.39 is 5.41 Å². The maximum Gasteiger partial charge on any atom is 0.317 e. The zero-order valence-electron chi connectivity index (χ0n) is 17.3. The maximum atomic E-state index is 13.2. The van der Waals surface area contributed by atoms with Crippen LogP contribution in [-0.2, 0) is 9.59 Å². The predicted molar refractivity (Wildman–Crippen MR) is 108 cm³/mol. The normalized spacial score (nSPS) is 39.1. The monoisotopic (exact) mass is 402 g/mol. The molecular formula is C22H34N4O3. The number of hydrogen-bond donors (Lipinski definition) is 3. The minimum Gasteiger partial charge on any atom is -0.369 e. The van der Waals surface area contributed by atoms with Crippen LogP contribution in [0.5, 0.6) is 0 Å².